The van der Waals surface area contributed by atoms with Crippen LogP contribution in [0.3, 0.4) is 0 Å². The largest absolute Gasteiger partial charge is 0.457 e. The number of amides is 1. The predicted molar refractivity (Wildman–Crippen MR) is 110 cm³/mol. The molecule has 0 aromatic heterocycles. The van der Waals surface area contributed by atoms with E-state index in [4.69, 9.17) is 10.5 Å². The van der Waals surface area contributed by atoms with Gasteiger partial charge in [-0.1, -0.05) is 18.2 Å². The fourth-order valence-electron chi connectivity index (χ4n) is 3.73. The summed E-state index contributed by atoms with van der Waals surface area (Å²) in [6.45, 7) is 0.703. The number of carbonyl (C=O) groups is 1. The number of rotatable bonds is 6. The van der Waals surface area contributed by atoms with E-state index in [9.17, 15) is 9.18 Å². The quantitative estimate of drug-likeness (QED) is 0.630. The van der Waals surface area contributed by atoms with Crippen LogP contribution >= 0.6 is 0 Å². The van der Waals surface area contributed by atoms with Crippen LogP contribution in [0.5, 0.6) is 11.5 Å². The molecule has 4 nitrogen and oxygen atoms in total. The average Bonchev–Trinajstić information content (AvgIpc) is 2.73. The molecule has 0 fully saturated rings. The van der Waals surface area contributed by atoms with Gasteiger partial charge in [-0.25, -0.2) is 4.39 Å². The molecule has 0 saturated carbocycles. The van der Waals surface area contributed by atoms with Gasteiger partial charge in [-0.3, -0.25) is 4.79 Å². The van der Waals surface area contributed by atoms with Gasteiger partial charge in [-0.2, -0.15) is 0 Å². The third-order valence-corrected chi connectivity index (χ3v) is 5.27. The lowest BCUT2D eigenvalue weighted by Gasteiger charge is -2.27. The van der Waals surface area contributed by atoms with Crippen LogP contribution in [0.1, 0.15) is 45.9 Å². The van der Waals surface area contributed by atoms with Crippen LogP contribution in [0.15, 0.2) is 66.7 Å². The molecule has 1 aliphatic rings. The molecule has 5 heteroatoms. The molecule has 3 aromatic carbocycles. The maximum Gasteiger partial charge on any atom is 0.248 e. The number of nitrogens with two attached hydrogens (primary N) is 1. The van der Waals surface area contributed by atoms with Gasteiger partial charge in [0, 0.05) is 18.2 Å². The number of hydrogen-bond donors (Lipinski definition) is 2. The Morgan fingerprint density at radius 3 is 2.48 bits per heavy atom. The van der Waals surface area contributed by atoms with Crippen LogP contribution in [-0.4, -0.2) is 5.91 Å². The van der Waals surface area contributed by atoms with Crippen molar-refractivity contribution in [3.63, 3.8) is 0 Å². The molecule has 1 amide bonds. The maximum atomic E-state index is 13.1. The Balaban J connectivity index is 1.44. The summed E-state index contributed by atoms with van der Waals surface area (Å²) >= 11 is 0. The number of benzene rings is 3. The third-order valence-electron chi connectivity index (χ3n) is 5.27. The number of ether oxygens (including phenoxy) is 1. The molecular weight excluding hydrogens is 367 g/mol. The fourth-order valence-corrected chi connectivity index (χ4v) is 3.73. The summed E-state index contributed by atoms with van der Waals surface area (Å²) in [4.78, 5) is 11.2. The van der Waals surface area contributed by atoms with Crippen molar-refractivity contribution in [1.82, 2.24) is 5.32 Å². The Labute approximate surface area is 169 Å². The van der Waals surface area contributed by atoms with E-state index in [1.807, 2.05) is 18.2 Å². The third kappa shape index (κ3) is 4.63. The molecule has 0 radical (unpaired) electrons. The minimum Gasteiger partial charge on any atom is -0.457 e. The first-order valence-electron chi connectivity index (χ1n) is 9.77. The smallest absolute Gasteiger partial charge is 0.248 e. The summed E-state index contributed by atoms with van der Waals surface area (Å²) in [6.07, 6.45) is 3.19. The Hall–Kier alpha value is -3.18. The first kappa shape index (κ1) is 19.2. The van der Waals surface area contributed by atoms with Crippen molar-refractivity contribution in [3.05, 3.63) is 94.8 Å². The minimum atomic E-state index is -0.454. The predicted octanol–water partition coefficient (Wildman–Crippen LogP) is 4.88. The summed E-state index contributed by atoms with van der Waals surface area (Å²) in [5, 5.41) is 3.59. The fraction of sp³-hybridized carbons (Fsp3) is 0.208. The Kier molecular flexibility index (Phi) is 5.58. The van der Waals surface area contributed by atoms with Gasteiger partial charge in [0.05, 0.1) is 0 Å². The van der Waals surface area contributed by atoms with Crippen LogP contribution in [0.2, 0.25) is 0 Å². The van der Waals surface area contributed by atoms with Crippen LogP contribution in [-0.2, 0) is 13.0 Å². The van der Waals surface area contributed by atoms with E-state index in [0.29, 0.717) is 17.9 Å². The number of aryl methyl sites for hydroxylation is 1. The van der Waals surface area contributed by atoms with Gasteiger partial charge >= 0.3 is 0 Å². The highest BCUT2D eigenvalue weighted by Gasteiger charge is 2.20. The Morgan fingerprint density at radius 1 is 1.03 bits per heavy atom. The van der Waals surface area contributed by atoms with E-state index < -0.39 is 5.91 Å². The summed E-state index contributed by atoms with van der Waals surface area (Å²) in [5.74, 6) is 0.768. The second-order valence-corrected chi connectivity index (χ2v) is 7.30. The molecule has 0 aliphatic heterocycles. The Bertz CT molecular complexity index is 1000. The summed E-state index contributed by atoms with van der Waals surface area (Å²) in [5.41, 5.74) is 9.36. The van der Waals surface area contributed by atoms with Crippen molar-refractivity contribution in [1.29, 1.82) is 0 Å². The zero-order valence-electron chi connectivity index (χ0n) is 16.0. The molecule has 1 unspecified atom stereocenters. The summed E-state index contributed by atoms with van der Waals surface area (Å²) < 4.78 is 19.0. The van der Waals surface area contributed by atoms with E-state index in [0.717, 1.165) is 30.6 Å². The van der Waals surface area contributed by atoms with Gasteiger partial charge < -0.3 is 15.8 Å². The lowest BCUT2D eigenvalue weighted by molar-refractivity contribution is 0.100. The molecule has 0 heterocycles. The second-order valence-electron chi connectivity index (χ2n) is 7.30. The van der Waals surface area contributed by atoms with Crippen LogP contribution in [0.25, 0.3) is 0 Å². The lowest BCUT2D eigenvalue weighted by Crippen LogP contribution is -2.24. The van der Waals surface area contributed by atoms with E-state index in [2.05, 4.69) is 17.4 Å². The maximum absolute atomic E-state index is 13.1. The SMILES string of the molecule is NC(=O)c1ccc(Oc2ccc3c(c2)CCCC3NCc2ccc(F)cc2)cc1. The topological polar surface area (TPSA) is 64.4 Å². The number of primary amides is 1. The second kappa shape index (κ2) is 8.45. The zero-order chi connectivity index (χ0) is 20.2. The number of fused-ring (bicyclic) bond motifs is 1. The normalized spacial score (nSPS) is 15.6. The Morgan fingerprint density at radius 2 is 1.76 bits per heavy atom. The highest BCUT2D eigenvalue weighted by atomic mass is 19.1. The molecule has 29 heavy (non-hydrogen) atoms. The van der Waals surface area contributed by atoms with Crippen molar-refractivity contribution in [3.8, 4) is 11.5 Å². The number of hydrogen-bond acceptors (Lipinski definition) is 3. The van der Waals surface area contributed by atoms with E-state index in [-0.39, 0.29) is 11.9 Å². The van der Waals surface area contributed by atoms with Crippen molar-refractivity contribution < 1.29 is 13.9 Å². The lowest BCUT2D eigenvalue weighted by atomic mass is 9.87. The van der Waals surface area contributed by atoms with E-state index in [1.165, 1.54) is 23.3 Å². The highest BCUT2D eigenvalue weighted by molar-refractivity contribution is 5.92. The standard InChI is InChI=1S/C24H23FN2O2/c25-19-8-4-16(5-9-19)15-27-23-3-1-2-18-14-21(12-13-22(18)23)29-20-10-6-17(7-11-20)24(26)28/h4-14,23,27H,1-3,15H2,(H2,26,28). The monoisotopic (exact) mass is 390 g/mol. The van der Waals surface area contributed by atoms with Crippen molar-refractivity contribution in [2.45, 2.75) is 31.8 Å². The van der Waals surface area contributed by atoms with Gasteiger partial charge in [0.15, 0.2) is 0 Å². The van der Waals surface area contributed by atoms with Gasteiger partial charge in [0.2, 0.25) is 5.91 Å². The van der Waals surface area contributed by atoms with E-state index >= 15 is 0 Å². The molecule has 148 valence electrons. The van der Waals surface area contributed by atoms with Gasteiger partial charge in [-0.05, 0) is 84.5 Å². The van der Waals surface area contributed by atoms with Gasteiger partial charge in [0.25, 0.3) is 0 Å². The van der Waals surface area contributed by atoms with Crippen LogP contribution in [0.4, 0.5) is 4.39 Å². The molecule has 0 saturated heterocycles. The number of nitrogens with one attached hydrogen (secondary N) is 1. The van der Waals surface area contributed by atoms with Gasteiger partial charge in [0.1, 0.15) is 17.3 Å². The molecule has 1 aliphatic carbocycles. The zero-order valence-corrected chi connectivity index (χ0v) is 16.0. The molecule has 0 bridgehead atoms. The first-order chi connectivity index (χ1) is 14.1. The minimum absolute atomic E-state index is 0.214. The highest BCUT2D eigenvalue weighted by Crippen LogP contribution is 2.33. The van der Waals surface area contributed by atoms with E-state index in [1.54, 1.807) is 24.3 Å². The number of carbonyl (C=O) groups excluding carboxylic acids is 1. The molecule has 3 N–H and O–H groups in total. The first-order valence-corrected chi connectivity index (χ1v) is 9.77. The molecule has 3 aromatic rings. The molecule has 1 atom stereocenters. The van der Waals surface area contributed by atoms with Crippen molar-refractivity contribution in [2.75, 3.05) is 0 Å². The summed E-state index contributed by atoms with van der Waals surface area (Å²) in [7, 11) is 0. The average molecular weight is 390 g/mol. The van der Waals surface area contributed by atoms with Crippen LogP contribution < -0.4 is 15.8 Å². The van der Waals surface area contributed by atoms with Crippen molar-refractivity contribution >= 4 is 5.91 Å². The molecule has 4 rings (SSSR count). The molecular formula is C24H23FN2O2. The van der Waals surface area contributed by atoms with Gasteiger partial charge in [-0.15, -0.1) is 0 Å². The molecule has 0 spiro atoms. The van der Waals surface area contributed by atoms with Crippen LogP contribution in [0, 0.1) is 5.82 Å². The number of halogens is 1. The summed E-state index contributed by atoms with van der Waals surface area (Å²) in [6, 6.07) is 19.9. The van der Waals surface area contributed by atoms with Crippen molar-refractivity contribution in [2.24, 2.45) is 5.73 Å².